The van der Waals surface area contributed by atoms with E-state index in [2.05, 4.69) is 10.1 Å². The number of aryl methyl sites for hydroxylation is 1. The first-order chi connectivity index (χ1) is 14.0. The number of aromatic nitrogens is 2. The largest absolute Gasteiger partial charge is 0.484 e. The number of hydrogen-bond acceptors (Lipinski definition) is 7. The van der Waals surface area contributed by atoms with Crippen molar-refractivity contribution in [3.63, 3.8) is 0 Å². The fourth-order valence-corrected chi connectivity index (χ4v) is 2.96. The van der Waals surface area contributed by atoms with Crippen LogP contribution < -0.4 is 4.74 Å². The molecule has 29 heavy (non-hydrogen) atoms. The van der Waals surface area contributed by atoms with Crippen LogP contribution in [0.3, 0.4) is 0 Å². The first kappa shape index (κ1) is 18.7. The number of hydrogen-bond donors (Lipinski definition) is 0. The molecular formula is C20H14ClN3O5. The predicted octanol–water partition coefficient (Wildman–Crippen LogP) is 5.45. The Labute approximate surface area is 169 Å². The number of non-ortho nitro benzene ring substituents is 1. The minimum atomic E-state index is -0.470. The number of nitro groups is 1. The molecule has 8 nitrogen and oxygen atoms in total. The average Bonchev–Trinajstić information content (AvgIpc) is 3.37. The van der Waals surface area contributed by atoms with Crippen LogP contribution in [0.15, 0.2) is 63.5 Å². The fraction of sp³-hybridized carbons (Fsp3) is 0.100. The van der Waals surface area contributed by atoms with Crippen molar-refractivity contribution in [3.05, 3.63) is 81.1 Å². The number of halogens is 1. The molecule has 0 saturated heterocycles. The van der Waals surface area contributed by atoms with Gasteiger partial charge in [0.05, 0.1) is 9.95 Å². The summed E-state index contributed by atoms with van der Waals surface area (Å²) in [4.78, 5) is 14.6. The smallest absolute Gasteiger partial charge is 0.293 e. The molecule has 0 saturated carbocycles. The van der Waals surface area contributed by atoms with E-state index >= 15 is 0 Å². The highest BCUT2D eigenvalue weighted by atomic mass is 35.5. The summed E-state index contributed by atoms with van der Waals surface area (Å²) in [5.74, 6) is 2.05. The number of nitrogens with zero attached hydrogens (tertiary/aromatic N) is 3. The maximum absolute atomic E-state index is 10.7. The molecule has 4 rings (SSSR count). The number of para-hydroxylation sites is 1. The van der Waals surface area contributed by atoms with Crippen molar-refractivity contribution in [2.75, 3.05) is 0 Å². The lowest BCUT2D eigenvalue weighted by molar-refractivity contribution is -0.384. The van der Waals surface area contributed by atoms with Crippen LogP contribution in [-0.4, -0.2) is 15.1 Å². The zero-order valence-corrected chi connectivity index (χ0v) is 15.9. The topological polar surface area (TPSA) is 104 Å². The highest BCUT2D eigenvalue weighted by Gasteiger charge is 2.16. The van der Waals surface area contributed by atoms with Gasteiger partial charge in [0.15, 0.2) is 5.76 Å². The predicted molar refractivity (Wildman–Crippen MR) is 105 cm³/mol. The van der Waals surface area contributed by atoms with Crippen LogP contribution in [0, 0.1) is 17.0 Å². The zero-order chi connectivity index (χ0) is 20.4. The first-order valence-corrected chi connectivity index (χ1v) is 8.94. The lowest BCUT2D eigenvalue weighted by Crippen LogP contribution is -1.96. The highest BCUT2D eigenvalue weighted by Crippen LogP contribution is 2.30. The standard InChI is InChI=1S/C20H14ClN3O5/c1-12-3-2-4-16(21)18(12)27-11-15-9-10-17(28-15)20-22-19(23-29-20)13-5-7-14(8-6-13)24(25)26/h2-10H,11H2,1H3. The molecule has 0 bridgehead atoms. The summed E-state index contributed by atoms with van der Waals surface area (Å²) in [6.07, 6.45) is 0. The Kier molecular flexibility index (Phi) is 5.01. The summed E-state index contributed by atoms with van der Waals surface area (Å²) < 4.78 is 16.7. The Morgan fingerprint density at radius 3 is 2.66 bits per heavy atom. The first-order valence-electron chi connectivity index (χ1n) is 8.57. The SMILES string of the molecule is Cc1cccc(Cl)c1OCc1ccc(-c2nc(-c3ccc([N+](=O)[O-])cc3)no2)o1. The molecule has 9 heteroatoms. The summed E-state index contributed by atoms with van der Waals surface area (Å²) in [6.45, 7) is 2.10. The summed E-state index contributed by atoms with van der Waals surface area (Å²) in [5.41, 5.74) is 1.51. The Hall–Kier alpha value is -3.65. The van der Waals surface area contributed by atoms with Crippen LogP contribution in [0.4, 0.5) is 5.69 Å². The van der Waals surface area contributed by atoms with E-state index in [-0.39, 0.29) is 18.2 Å². The normalized spacial score (nSPS) is 10.8. The van der Waals surface area contributed by atoms with E-state index in [4.69, 9.17) is 25.3 Å². The molecule has 0 N–H and O–H groups in total. The van der Waals surface area contributed by atoms with Gasteiger partial charge >= 0.3 is 0 Å². The number of ether oxygens (including phenoxy) is 1. The van der Waals surface area contributed by atoms with Gasteiger partial charge in [-0.15, -0.1) is 0 Å². The van der Waals surface area contributed by atoms with Crippen molar-refractivity contribution in [3.8, 4) is 28.8 Å². The Balaban J connectivity index is 1.48. The van der Waals surface area contributed by atoms with Crippen LogP contribution in [0.5, 0.6) is 5.75 Å². The second kappa shape index (κ2) is 7.76. The van der Waals surface area contributed by atoms with E-state index in [9.17, 15) is 10.1 Å². The van der Waals surface area contributed by atoms with Gasteiger partial charge in [-0.25, -0.2) is 0 Å². The van der Waals surface area contributed by atoms with Crippen molar-refractivity contribution in [1.82, 2.24) is 10.1 Å². The van der Waals surface area contributed by atoms with Gasteiger partial charge < -0.3 is 13.7 Å². The van der Waals surface area contributed by atoms with E-state index in [1.807, 2.05) is 19.1 Å². The monoisotopic (exact) mass is 411 g/mol. The number of rotatable bonds is 6. The van der Waals surface area contributed by atoms with E-state index < -0.39 is 4.92 Å². The van der Waals surface area contributed by atoms with E-state index in [1.165, 1.54) is 12.1 Å². The maximum atomic E-state index is 10.7. The van der Waals surface area contributed by atoms with E-state index in [0.717, 1.165) is 5.56 Å². The van der Waals surface area contributed by atoms with Gasteiger partial charge in [-0.2, -0.15) is 4.98 Å². The average molecular weight is 412 g/mol. The van der Waals surface area contributed by atoms with Gasteiger partial charge in [0.2, 0.25) is 5.82 Å². The van der Waals surface area contributed by atoms with Crippen molar-refractivity contribution in [2.45, 2.75) is 13.5 Å². The van der Waals surface area contributed by atoms with Crippen LogP contribution in [0.1, 0.15) is 11.3 Å². The third kappa shape index (κ3) is 3.97. The van der Waals surface area contributed by atoms with Crippen molar-refractivity contribution in [1.29, 1.82) is 0 Å². The van der Waals surface area contributed by atoms with E-state index in [0.29, 0.717) is 33.7 Å². The molecule has 2 aromatic heterocycles. The van der Waals surface area contributed by atoms with Gasteiger partial charge in [-0.3, -0.25) is 10.1 Å². The maximum Gasteiger partial charge on any atom is 0.293 e. The fourth-order valence-electron chi connectivity index (χ4n) is 2.69. The highest BCUT2D eigenvalue weighted by molar-refractivity contribution is 6.32. The van der Waals surface area contributed by atoms with Gasteiger partial charge in [0.1, 0.15) is 18.1 Å². The molecule has 4 aromatic rings. The molecule has 0 unspecified atom stereocenters. The quantitative estimate of drug-likeness (QED) is 0.307. The molecule has 0 spiro atoms. The Morgan fingerprint density at radius 2 is 1.93 bits per heavy atom. The lowest BCUT2D eigenvalue weighted by Gasteiger charge is -2.09. The molecule has 0 fully saturated rings. The third-order valence-corrected chi connectivity index (χ3v) is 4.46. The Morgan fingerprint density at radius 1 is 1.14 bits per heavy atom. The van der Waals surface area contributed by atoms with Gasteiger partial charge in [0, 0.05) is 17.7 Å². The number of nitro benzene ring substituents is 1. The van der Waals surface area contributed by atoms with Crippen LogP contribution in [-0.2, 0) is 6.61 Å². The summed E-state index contributed by atoms with van der Waals surface area (Å²) in [5, 5.41) is 15.2. The second-order valence-electron chi connectivity index (χ2n) is 6.17. The molecule has 0 radical (unpaired) electrons. The third-order valence-electron chi connectivity index (χ3n) is 4.16. The molecule has 2 aromatic carbocycles. The van der Waals surface area contributed by atoms with Crippen molar-refractivity contribution >= 4 is 17.3 Å². The molecule has 0 aliphatic heterocycles. The summed E-state index contributed by atoms with van der Waals surface area (Å²) in [6, 6.07) is 14.8. The van der Waals surface area contributed by atoms with Crippen LogP contribution >= 0.6 is 11.6 Å². The van der Waals surface area contributed by atoms with Crippen LogP contribution in [0.25, 0.3) is 23.0 Å². The molecular weight excluding hydrogens is 398 g/mol. The molecule has 2 heterocycles. The zero-order valence-electron chi connectivity index (χ0n) is 15.2. The summed E-state index contributed by atoms with van der Waals surface area (Å²) in [7, 11) is 0. The summed E-state index contributed by atoms with van der Waals surface area (Å²) >= 11 is 6.16. The lowest BCUT2D eigenvalue weighted by atomic mass is 10.2. The number of furan rings is 1. The molecule has 0 amide bonds. The molecule has 0 aliphatic carbocycles. The van der Waals surface area contributed by atoms with Crippen molar-refractivity contribution < 1.29 is 18.6 Å². The number of benzene rings is 2. The van der Waals surface area contributed by atoms with Gasteiger partial charge in [-0.1, -0.05) is 28.9 Å². The molecule has 0 aliphatic rings. The van der Waals surface area contributed by atoms with Crippen LogP contribution in [0.2, 0.25) is 5.02 Å². The molecule has 146 valence electrons. The van der Waals surface area contributed by atoms with E-state index in [1.54, 1.807) is 30.3 Å². The molecule has 0 atom stereocenters. The van der Waals surface area contributed by atoms with Gasteiger partial charge in [-0.05, 0) is 42.8 Å². The second-order valence-corrected chi connectivity index (χ2v) is 6.57. The van der Waals surface area contributed by atoms with Gasteiger partial charge in [0.25, 0.3) is 11.6 Å². The minimum absolute atomic E-state index is 0.0121. The minimum Gasteiger partial charge on any atom is -0.484 e. The van der Waals surface area contributed by atoms with Crippen molar-refractivity contribution in [2.24, 2.45) is 0 Å². The Bertz CT molecular complexity index is 1150.